The highest BCUT2D eigenvalue weighted by molar-refractivity contribution is 9.10. The molecule has 3 aromatic rings. The standard InChI is InChI=1S/C18H14BrN5O/c19-14-6-3-5-13(10-14)17(11-21-24-20)23-18(25)16-9-8-12-4-1-2-7-15(12)22-16/h1-10,17H,11H2,(H,23,25)/t17-/m1/s1. The molecule has 6 nitrogen and oxygen atoms in total. The van der Waals surface area contributed by atoms with Crippen molar-refractivity contribution in [2.24, 2.45) is 5.11 Å². The zero-order chi connectivity index (χ0) is 17.6. The second-order valence-corrected chi connectivity index (χ2v) is 6.30. The molecule has 1 atom stereocenters. The molecular formula is C18H14BrN5O. The number of hydrogen-bond acceptors (Lipinski definition) is 3. The van der Waals surface area contributed by atoms with Gasteiger partial charge in [0, 0.05) is 14.8 Å². The fraction of sp³-hybridized carbons (Fsp3) is 0.111. The van der Waals surface area contributed by atoms with E-state index in [0.29, 0.717) is 5.69 Å². The molecule has 0 aliphatic heterocycles. The molecule has 1 aromatic heterocycles. The Morgan fingerprint density at radius 3 is 2.84 bits per heavy atom. The Kier molecular flexibility index (Phi) is 5.28. The summed E-state index contributed by atoms with van der Waals surface area (Å²) in [6.45, 7) is 0.117. The highest BCUT2D eigenvalue weighted by Gasteiger charge is 2.16. The van der Waals surface area contributed by atoms with Gasteiger partial charge >= 0.3 is 0 Å². The average Bonchev–Trinajstić information content (AvgIpc) is 2.64. The second-order valence-electron chi connectivity index (χ2n) is 5.38. The number of aromatic nitrogens is 1. The van der Waals surface area contributed by atoms with Crippen LogP contribution in [0.1, 0.15) is 22.1 Å². The molecule has 0 saturated heterocycles. The second kappa shape index (κ2) is 7.79. The molecule has 0 aliphatic carbocycles. The maximum absolute atomic E-state index is 12.6. The van der Waals surface area contributed by atoms with Crippen LogP contribution >= 0.6 is 15.9 Å². The third-order valence-corrected chi connectivity index (χ3v) is 4.21. The summed E-state index contributed by atoms with van der Waals surface area (Å²) in [5.41, 5.74) is 10.5. The molecular weight excluding hydrogens is 382 g/mol. The molecule has 0 aliphatic rings. The summed E-state index contributed by atoms with van der Waals surface area (Å²) < 4.78 is 0.883. The molecule has 7 heteroatoms. The molecule has 0 spiro atoms. The number of amides is 1. The van der Waals surface area contributed by atoms with E-state index >= 15 is 0 Å². The Balaban J connectivity index is 1.86. The van der Waals surface area contributed by atoms with Crippen LogP contribution < -0.4 is 5.32 Å². The normalized spacial score (nSPS) is 11.6. The number of carbonyl (C=O) groups is 1. The molecule has 0 saturated carbocycles. The zero-order valence-corrected chi connectivity index (χ0v) is 14.7. The van der Waals surface area contributed by atoms with Crippen LogP contribution in [0.5, 0.6) is 0 Å². The molecule has 1 heterocycles. The van der Waals surface area contributed by atoms with Crippen molar-refractivity contribution in [2.45, 2.75) is 6.04 Å². The van der Waals surface area contributed by atoms with E-state index in [2.05, 4.69) is 36.3 Å². The van der Waals surface area contributed by atoms with Crippen molar-refractivity contribution in [1.82, 2.24) is 10.3 Å². The molecule has 2 aromatic carbocycles. The van der Waals surface area contributed by atoms with E-state index in [1.165, 1.54) is 0 Å². The predicted octanol–water partition coefficient (Wildman–Crippen LogP) is 4.78. The van der Waals surface area contributed by atoms with Crippen LogP contribution in [-0.2, 0) is 0 Å². The minimum Gasteiger partial charge on any atom is -0.344 e. The molecule has 0 bridgehead atoms. The summed E-state index contributed by atoms with van der Waals surface area (Å²) in [5.74, 6) is -0.316. The molecule has 0 unspecified atom stereocenters. The fourth-order valence-corrected chi connectivity index (χ4v) is 2.92. The van der Waals surface area contributed by atoms with Crippen LogP contribution in [0.3, 0.4) is 0 Å². The number of halogens is 1. The van der Waals surface area contributed by atoms with E-state index in [1.54, 1.807) is 6.07 Å². The highest BCUT2D eigenvalue weighted by atomic mass is 79.9. The summed E-state index contributed by atoms with van der Waals surface area (Å²) in [4.78, 5) is 19.8. The number of carbonyl (C=O) groups excluding carboxylic acids is 1. The number of hydrogen-bond donors (Lipinski definition) is 1. The molecule has 1 amide bonds. The van der Waals surface area contributed by atoms with Crippen LogP contribution in [0.25, 0.3) is 21.3 Å². The smallest absolute Gasteiger partial charge is 0.270 e. The van der Waals surface area contributed by atoms with Crippen molar-refractivity contribution < 1.29 is 4.79 Å². The van der Waals surface area contributed by atoms with Crippen molar-refractivity contribution >= 4 is 32.7 Å². The van der Waals surface area contributed by atoms with Gasteiger partial charge in [-0.1, -0.05) is 57.4 Å². The Morgan fingerprint density at radius 2 is 2.04 bits per heavy atom. The van der Waals surface area contributed by atoms with E-state index in [0.717, 1.165) is 20.9 Å². The largest absolute Gasteiger partial charge is 0.344 e. The summed E-state index contributed by atoms with van der Waals surface area (Å²) in [6.07, 6.45) is 0. The monoisotopic (exact) mass is 395 g/mol. The Morgan fingerprint density at radius 1 is 1.20 bits per heavy atom. The Labute approximate surface area is 152 Å². The number of fused-ring (bicyclic) bond motifs is 1. The van der Waals surface area contributed by atoms with Crippen molar-refractivity contribution in [3.63, 3.8) is 0 Å². The Hall–Kier alpha value is -2.89. The first-order valence-electron chi connectivity index (χ1n) is 7.60. The zero-order valence-electron chi connectivity index (χ0n) is 13.1. The third kappa shape index (κ3) is 4.15. The number of para-hydroxylation sites is 1. The first-order valence-corrected chi connectivity index (χ1v) is 8.39. The van der Waals surface area contributed by atoms with Gasteiger partial charge in [-0.05, 0) is 35.4 Å². The number of pyridine rings is 1. The molecule has 0 fully saturated rings. The lowest BCUT2D eigenvalue weighted by molar-refractivity contribution is 0.0933. The van der Waals surface area contributed by atoms with Crippen molar-refractivity contribution in [1.29, 1.82) is 0 Å². The number of azide groups is 1. The maximum Gasteiger partial charge on any atom is 0.270 e. The van der Waals surface area contributed by atoms with E-state index in [4.69, 9.17) is 5.53 Å². The van der Waals surface area contributed by atoms with Gasteiger partial charge in [-0.3, -0.25) is 4.79 Å². The topological polar surface area (TPSA) is 90.8 Å². The van der Waals surface area contributed by atoms with E-state index < -0.39 is 6.04 Å². The minimum atomic E-state index is -0.436. The molecule has 3 rings (SSSR count). The first-order chi connectivity index (χ1) is 12.2. The number of benzene rings is 2. The van der Waals surface area contributed by atoms with E-state index in [9.17, 15) is 4.79 Å². The average molecular weight is 396 g/mol. The lowest BCUT2D eigenvalue weighted by Gasteiger charge is -2.17. The minimum absolute atomic E-state index is 0.117. The number of nitrogens with zero attached hydrogens (tertiary/aromatic N) is 4. The van der Waals surface area contributed by atoms with Gasteiger partial charge < -0.3 is 5.32 Å². The highest BCUT2D eigenvalue weighted by Crippen LogP contribution is 2.20. The van der Waals surface area contributed by atoms with Crippen LogP contribution in [0, 0.1) is 0 Å². The van der Waals surface area contributed by atoms with Crippen molar-refractivity contribution in [3.05, 3.63) is 86.8 Å². The lowest BCUT2D eigenvalue weighted by atomic mass is 10.1. The lowest BCUT2D eigenvalue weighted by Crippen LogP contribution is -2.30. The number of nitrogens with one attached hydrogen (secondary N) is 1. The van der Waals surface area contributed by atoms with Gasteiger partial charge in [0.1, 0.15) is 5.69 Å². The molecule has 1 N–H and O–H groups in total. The van der Waals surface area contributed by atoms with Crippen LogP contribution in [0.15, 0.2) is 70.3 Å². The van der Waals surface area contributed by atoms with Gasteiger partial charge in [0.05, 0.1) is 18.1 Å². The summed E-state index contributed by atoms with van der Waals surface area (Å²) in [5, 5.41) is 7.46. The Bertz CT molecular complexity index is 968. The van der Waals surface area contributed by atoms with Gasteiger partial charge in [0.15, 0.2) is 0 Å². The SMILES string of the molecule is [N-]=[N+]=NC[C@@H](NC(=O)c1ccc2ccccc2n1)c1cccc(Br)c1. The molecule has 25 heavy (non-hydrogen) atoms. The van der Waals surface area contributed by atoms with Gasteiger partial charge in [0.25, 0.3) is 5.91 Å². The van der Waals surface area contributed by atoms with Crippen molar-refractivity contribution in [2.75, 3.05) is 6.54 Å². The van der Waals surface area contributed by atoms with Gasteiger partial charge in [-0.2, -0.15) is 0 Å². The first kappa shape index (κ1) is 17.0. The maximum atomic E-state index is 12.6. The summed E-state index contributed by atoms with van der Waals surface area (Å²) in [7, 11) is 0. The van der Waals surface area contributed by atoms with Gasteiger partial charge in [-0.25, -0.2) is 4.98 Å². The number of rotatable bonds is 5. The third-order valence-electron chi connectivity index (χ3n) is 3.71. The van der Waals surface area contributed by atoms with Gasteiger partial charge in [-0.15, -0.1) is 0 Å². The molecule has 124 valence electrons. The fourth-order valence-electron chi connectivity index (χ4n) is 2.50. The predicted molar refractivity (Wildman–Crippen MR) is 100 cm³/mol. The quantitative estimate of drug-likeness (QED) is 0.382. The summed E-state index contributed by atoms with van der Waals surface area (Å²) in [6, 6.07) is 18.2. The van der Waals surface area contributed by atoms with Gasteiger partial charge in [0.2, 0.25) is 0 Å². The van der Waals surface area contributed by atoms with Crippen LogP contribution in [-0.4, -0.2) is 17.4 Å². The van der Waals surface area contributed by atoms with Crippen molar-refractivity contribution in [3.8, 4) is 0 Å². The van der Waals surface area contributed by atoms with E-state index in [-0.39, 0.29) is 12.5 Å². The van der Waals surface area contributed by atoms with Crippen LogP contribution in [0.4, 0.5) is 0 Å². The van der Waals surface area contributed by atoms with E-state index in [1.807, 2.05) is 54.6 Å². The molecule has 0 radical (unpaired) electrons. The summed E-state index contributed by atoms with van der Waals surface area (Å²) >= 11 is 3.41. The van der Waals surface area contributed by atoms with Crippen LogP contribution in [0.2, 0.25) is 0 Å².